The standard InChI is InChI=1S/C11H4Cl2F3NO2S/c12-5-1-4(2-6(13)3-5)9-17-8(11(14,15)16)7(20-9)10(18)19/h1-3H,(H,18,19). The molecule has 0 spiro atoms. The first-order chi connectivity index (χ1) is 9.18. The number of nitrogens with zero attached hydrogens (tertiary/aromatic N) is 1. The highest BCUT2D eigenvalue weighted by atomic mass is 35.5. The number of rotatable bonds is 2. The normalized spacial score (nSPS) is 11.7. The molecular weight excluding hydrogens is 338 g/mol. The Hall–Kier alpha value is -1.31. The maximum absolute atomic E-state index is 12.7. The van der Waals surface area contributed by atoms with Crippen molar-refractivity contribution in [2.45, 2.75) is 6.18 Å². The van der Waals surface area contributed by atoms with Crippen molar-refractivity contribution < 1.29 is 23.1 Å². The zero-order valence-corrected chi connectivity index (χ0v) is 11.7. The molecule has 0 radical (unpaired) electrons. The highest BCUT2D eigenvalue weighted by Gasteiger charge is 2.39. The molecule has 0 aliphatic heterocycles. The van der Waals surface area contributed by atoms with Gasteiger partial charge in [0.05, 0.1) is 0 Å². The number of benzene rings is 1. The van der Waals surface area contributed by atoms with E-state index in [1.165, 1.54) is 18.2 Å². The van der Waals surface area contributed by atoms with E-state index in [1.807, 2.05) is 0 Å². The van der Waals surface area contributed by atoms with Crippen LogP contribution in [0.25, 0.3) is 10.6 Å². The van der Waals surface area contributed by atoms with Crippen LogP contribution in [0.1, 0.15) is 15.4 Å². The third-order valence-corrected chi connectivity index (χ3v) is 3.73. The third-order valence-electron chi connectivity index (χ3n) is 2.20. The quantitative estimate of drug-likeness (QED) is 0.850. The van der Waals surface area contributed by atoms with Gasteiger partial charge in [-0.3, -0.25) is 0 Å². The van der Waals surface area contributed by atoms with E-state index in [0.717, 1.165) is 0 Å². The number of aromatic nitrogens is 1. The molecule has 9 heteroatoms. The van der Waals surface area contributed by atoms with Crippen LogP contribution in [0, 0.1) is 0 Å². The van der Waals surface area contributed by atoms with Crippen molar-refractivity contribution in [2.24, 2.45) is 0 Å². The molecule has 0 saturated heterocycles. The topological polar surface area (TPSA) is 50.2 Å². The van der Waals surface area contributed by atoms with Gasteiger partial charge in [0.1, 0.15) is 9.88 Å². The lowest BCUT2D eigenvalue weighted by Crippen LogP contribution is -2.11. The Morgan fingerprint density at radius 2 is 1.75 bits per heavy atom. The minimum Gasteiger partial charge on any atom is -0.477 e. The van der Waals surface area contributed by atoms with E-state index < -0.39 is 22.7 Å². The molecule has 2 rings (SSSR count). The Kier molecular flexibility index (Phi) is 3.95. The first kappa shape index (κ1) is 15.1. The van der Waals surface area contributed by atoms with Gasteiger partial charge in [-0.15, -0.1) is 11.3 Å². The molecule has 0 aliphatic carbocycles. The first-order valence-corrected chi connectivity index (χ1v) is 6.53. The molecule has 1 heterocycles. The molecule has 0 bridgehead atoms. The van der Waals surface area contributed by atoms with Crippen molar-refractivity contribution in [3.8, 4) is 10.6 Å². The summed E-state index contributed by atoms with van der Waals surface area (Å²) in [6, 6.07) is 4.12. The van der Waals surface area contributed by atoms with Crippen LogP contribution in [0.4, 0.5) is 13.2 Å². The Morgan fingerprint density at radius 1 is 1.20 bits per heavy atom. The fourth-order valence-electron chi connectivity index (χ4n) is 1.46. The van der Waals surface area contributed by atoms with E-state index in [4.69, 9.17) is 28.3 Å². The number of hydrogen-bond acceptors (Lipinski definition) is 3. The van der Waals surface area contributed by atoms with Crippen molar-refractivity contribution in [3.05, 3.63) is 38.8 Å². The van der Waals surface area contributed by atoms with Gasteiger partial charge in [0.25, 0.3) is 0 Å². The Bertz CT molecular complexity index is 665. The van der Waals surface area contributed by atoms with Crippen molar-refractivity contribution in [2.75, 3.05) is 0 Å². The molecule has 0 atom stereocenters. The second-order valence-electron chi connectivity index (χ2n) is 3.66. The van der Waals surface area contributed by atoms with E-state index in [2.05, 4.69) is 4.98 Å². The minimum absolute atomic E-state index is 0.112. The van der Waals surface area contributed by atoms with Crippen LogP contribution in [0.3, 0.4) is 0 Å². The van der Waals surface area contributed by atoms with E-state index in [-0.39, 0.29) is 20.6 Å². The summed E-state index contributed by atoms with van der Waals surface area (Å²) in [4.78, 5) is 13.3. The van der Waals surface area contributed by atoms with Gasteiger partial charge in [-0.2, -0.15) is 13.2 Å². The number of carboxylic acids is 1. The van der Waals surface area contributed by atoms with Gasteiger partial charge in [-0.05, 0) is 18.2 Å². The number of thiazole rings is 1. The zero-order valence-electron chi connectivity index (χ0n) is 9.33. The predicted octanol–water partition coefficient (Wildman–Crippen LogP) is 4.83. The minimum atomic E-state index is -4.84. The predicted molar refractivity (Wildman–Crippen MR) is 69.5 cm³/mol. The van der Waals surface area contributed by atoms with Crippen LogP contribution in [0.5, 0.6) is 0 Å². The van der Waals surface area contributed by atoms with Gasteiger partial charge >= 0.3 is 12.1 Å². The van der Waals surface area contributed by atoms with Crippen LogP contribution in [0.15, 0.2) is 18.2 Å². The number of alkyl halides is 3. The first-order valence-electron chi connectivity index (χ1n) is 4.96. The lowest BCUT2D eigenvalue weighted by atomic mass is 10.2. The van der Waals surface area contributed by atoms with Gasteiger partial charge in [0.15, 0.2) is 5.69 Å². The molecule has 0 unspecified atom stereocenters. The van der Waals surface area contributed by atoms with Gasteiger partial charge < -0.3 is 5.11 Å². The van der Waals surface area contributed by atoms with Crippen LogP contribution >= 0.6 is 34.5 Å². The fourth-order valence-corrected chi connectivity index (χ4v) is 2.90. The summed E-state index contributed by atoms with van der Waals surface area (Å²) in [7, 11) is 0. The summed E-state index contributed by atoms with van der Waals surface area (Å²) in [6.45, 7) is 0. The molecule has 3 nitrogen and oxygen atoms in total. The Balaban J connectivity index is 2.62. The monoisotopic (exact) mass is 341 g/mol. The average molecular weight is 342 g/mol. The highest BCUT2D eigenvalue weighted by Crippen LogP contribution is 2.38. The maximum atomic E-state index is 12.7. The SMILES string of the molecule is O=C(O)c1sc(-c2cc(Cl)cc(Cl)c2)nc1C(F)(F)F. The van der Waals surface area contributed by atoms with Crippen molar-refractivity contribution in [1.29, 1.82) is 0 Å². The van der Waals surface area contributed by atoms with E-state index in [9.17, 15) is 18.0 Å². The Morgan fingerprint density at radius 3 is 2.15 bits per heavy atom. The van der Waals surface area contributed by atoms with Crippen molar-refractivity contribution in [1.82, 2.24) is 4.98 Å². The molecule has 20 heavy (non-hydrogen) atoms. The zero-order chi connectivity index (χ0) is 15.1. The molecule has 0 fully saturated rings. The molecule has 2 aromatic rings. The van der Waals surface area contributed by atoms with Crippen LogP contribution in [0.2, 0.25) is 10.0 Å². The summed E-state index contributed by atoms with van der Waals surface area (Å²) in [5.74, 6) is -1.69. The molecule has 0 amide bonds. The third kappa shape index (κ3) is 3.05. The van der Waals surface area contributed by atoms with Crippen LogP contribution in [-0.4, -0.2) is 16.1 Å². The van der Waals surface area contributed by atoms with Gasteiger partial charge in [0, 0.05) is 15.6 Å². The summed E-state index contributed by atoms with van der Waals surface area (Å²) < 4.78 is 38.2. The van der Waals surface area contributed by atoms with Crippen LogP contribution in [-0.2, 0) is 6.18 Å². The molecule has 0 saturated carbocycles. The molecule has 106 valence electrons. The van der Waals surface area contributed by atoms with E-state index >= 15 is 0 Å². The lowest BCUT2D eigenvalue weighted by molar-refractivity contribution is -0.141. The second-order valence-corrected chi connectivity index (χ2v) is 5.53. The highest BCUT2D eigenvalue weighted by molar-refractivity contribution is 7.17. The number of aromatic carboxylic acids is 1. The number of carboxylic acid groups (broad SMARTS) is 1. The second kappa shape index (κ2) is 5.23. The maximum Gasteiger partial charge on any atom is 0.435 e. The summed E-state index contributed by atoms with van der Waals surface area (Å²) in [5.41, 5.74) is -1.20. The van der Waals surface area contributed by atoms with Crippen LogP contribution < -0.4 is 0 Å². The summed E-state index contributed by atoms with van der Waals surface area (Å²) >= 11 is 11.9. The van der Waals surface area contributed by atoms with Crippen molar-refractivity contribution >= 4 is 40.5 Å². The molecule has 1 aromatic carbocycles. The Labute approximate surface area is 124 Å². The molecular formula is C11H4Cl2F3NO2S. The van der Waals surface area contributed by atoms with Gasteiger partial charge in [-0.25, -0.2) is 9.78 Å². The summed E-state index contributed by atoms with van der Waals surface area (Å²) in [6.07, 6.45) is -4.84. The van der Waals surface area contributed by atoms with E-state index in [1.54, 1.807) is 0 Å². The largest absolute Gasteiger partial charge is 0.477 e. The molecule has 0 aliphatic rings. The molecule has 1 N–H and O–H groups in total. The van der Waals surface area contributed by atoms with Crippen molar-refractivity contribution in [3.63, 3.8) is 0 Å². The lowest BCUT2D eigenvalue weighted by Gasteiger charge is -2.02. The van der Waals surface area contributed by atoms with Gasteiger partial charge in [0.2, 0.25) is 0 Å². The smallest absolute Gasteiger partial charge is 0.435 e. The average Bonchev–Trinajstić information content (AvgIpc) is 2.71. The molecule has 1 aromatic heterocycles. The fraction of sp³-hybridized carbons (Fsp3) is 0.0909. The number of carbonyl (C=O) groups is 1. The van der Waals surface area contributed by atoms with Gasteiger partial charge in [-0.1, -0.05) is 23.2 Å². The number of halogens is 5. The summed E-state index contributed by atoms with van der Waals surface area (Å²) in [5, 5.41) is 9.14. The van der Waals surface area contributed by atoms with E-state index in [0.29, 0.717) is 11.3 Å². The number of hydrogen-bond donors (Lipinski definition) is 1.